The number of rotatable bonds is 4. The molecule has 1 atom stereocenters. The van der Waals surface area contributed by atoms with Crippen molar-refractivity contribution in [1.29, 1.82) is 0 Å². The van der Waals surface area contributed by atoms with E-state index >= 15 is 0 Å². The number of halogens is 4. The monoisotopic (exact) mass is 251 g/mol. The third-order valence-corrected chi connectivity index (χ3v) is 1.96. The predicted octanol–water partition coefficient (Wildman–Crippen LogP) is 2.10. The first-order valence-electron chi connectivity index (χ1n) is 4.58. The Balaban J connectivity index is 2.79. The number of carboxylic acid groups (broad SMARTS) is 1. The summed E-state index contributed by atoms with van der Waals surface area (Å²) in [7, 11) is 0. The van der Waals surface area contributed by atoms with Crippen LogP contribution in [0.25, 0.3) is 0 Å². The Labute approximate surface area is 94.1 Å². The molecule has 1 unspecified atom stereocenters. The van der Waals surface area contributed by atoms with Gasteiger partial charge in [-0.2, -0.15) is 13.2 Å². The van der Waals surface area contributed by atoms with E-state index in [9.17, 15) is 22.4 Å². The maximum absolute atomic E-state index is 12.6. The molecule has 0 aliphatic heterocycles. The van der Waals surface area contributed by atoms with Gasteiger partial charge in [0.1, 0.15) is 11.9 Å². The third kappa shape index (κ3) is 4.39. The number of hydrogen-bond acceptors (Lipinski definition) is 2. The van der Waals surface area contributed by atoms with Gasteiger partial charge in [0.25, 0.3) is 0 Å². The molecule has 1 rings (SSSR count). The molecule has 0 aliphatic carbocycles. The Bertz CT molecular complexity index is 388. The number of aliphatic carboxylic acids is 1. The Hall–Kier alpha value is -1.63. The second-order valence-corrected chi connectivity index (χ2v) is 3.32. The molecule has 2 N–H and O–H groups in total. The SMILES string of the molecule is O=C(O)C(NCC(F)(F)F)c1ccc(F)cc1. The molecule has 0 spiro atoms. The number of carbonyl (C=O) groups is 1. The summed E-state index contributed by atoms with van der Waals surface area (Å²) in [5.41, 5.74) is 0.0585. The smallest absolute Gasteiger partial charge is 0.401 e. The number of benzene rings is 1. The summed E-state index contributed by atoms with van der Waals surface area (Å²) >= 11 is 0. The van der Waals surface area contributed by atoms with E-state index in [0.29, 0.717) is 0 Å². The van der Waals surface area contributed by atoms with Crippen LogP contribution in [0, 0.1) is 5.82 Å². The van der Waals surface area contributed by atoms with Gasteiger partial charge in [0.2, 0.25) is 0 Å². The first-order chi connectivity index (χ1) is 7.79. The van der Waals surface area contributed by atoms with Crippen molar-refractivity contribution >= 4 is 5.97 Å². The summed E-state index contributed by atoms with van der Waals surface area (Å²) in [6, 6.07) is 2.70. The molecule has 17 heavy (non-hydrogen) atoms. The highest BCUT2D eigenvalue weighted by Gasteiger charge is 2.30. The summed E-state index contributed by atoms with van der Waals surface area (Å²) in [4.78, 5) is 10.8. The standard InChI is InChI=1S/C10H9F4NO2/c11-7-3-1-6(2-4-7)8(9(16)17)15-5-10(12,13)14/h1-4,8,15H,5H2,(H,16,17). The van der Waals surface area contributed by atoms with Crippen LogP contribution in [0.5, 0.6) is 0 Å². The quantitative estimate of drug-likeness (QED) is 0.806. The second kappa shape index (κ2) is 5.13. The molecule has 0 fully saturated rings. The van der Waals surface area contributed by atoms with Gasteiger partial charge in [0.05, 0.1) is 6.54 Å². The van der Waals surface area contributed by atoms with Crippen LogP contribution in [-0.4, -0.2) is 23.8 Å². The molecule has 1 aromatic rings. The molecule has 0 aromatic heterocycles. The fourth-order valence-electron chi connectivity index (χ4n) is 1.22. The van der Waals surface area contributed by atoms with E-state index in [1.807, 2.05) is 5.32 Å². The number of nitrogens with one attached hydrogen (secondary N) is 1. The van der Waals surface area contributed by atoms with Crippen LogP contribution in [-0.2, 0) is 4.79 Å². The van der Waals surface area contributed by atoms with Crippen molar-refractivity contribution in [1.82, 2.24) is 5.32 Å². The highest BCUT2D eigenvalue weighted by Crippen LogP contribution is 2.18. The molecule has 1 aromatic carbocycles. The van der Waals surface area contributed by atoms with Crippen molar-refractivity contribution < 1.29 is 27.5 Å². The Kier molecular flexibility index (Phi) is 4.06. The lowest BCUT2D eigenvalue weighted by Gasteiger charge is -2.16. The maximum Gasteiger partial charge on any atom is 0.401 e. The molecule has 0 heterocycles. The fraction of sp³-hybridized carbons (Fsp3) is 0.300. The van der Waals surface area contributed by atoms with Gasteiger partial charge in [-0.3, -0.25) is 10.1 Å². The van der Waals surface area contributed by atoms with Gasteiger partial charge >= 0.3 is 12.1 Å². The van der Waals surface area contributed by atoms with Crippen molar-refractivity contribution in [3.05, 3.63) is 35.6 Å². The van der Waals surface area contributed by atoms with E-state index in [0.717, 1.165) is 24.3 Å². The topological polar surface area (TPSA) is 49.3 Å². The van der Waals surface area contributed by atoms with Gasteiger partial charge in [0.15, 0.2) is 0 Å². The molecule has 7 heteroatoms. The van der Waals surface area contributed by atoms with E-state index < -0.39 is 30.5 Å². The molecular formula is C10H9F4NO2. The summed E-state index contributed by atoms with van der Waals surface area (Å²) in [5, 5.41) is 10.6. The fourth-order valence-corrected chi connectivity index (χ4v) is 1.22. The molecule has 0 aliphatic rings. The molecule has 0 radical (unpaired) electrons. The van der Waals surface area contributed by atoms with Crippen LogP contribution in [0.2, 0.25) is 0 Å². The van der Waals surface area contributed by atoms with Crippen LogP contribution < -0.4 is 5.32 Å². The van der Waals surface area contributed by atoms with Gasteiger partial charge in [-0.15, -0.1) is 0 Å². The van der Waals surface area contributed by atoms with Gasteiger partial charge < -0.3 is 5.11 Å². The van der Waals surface area contributed by atoms with E-state index in [-0.39, 0.29) is 5.56 Å². The minimum atomic E-state index is -4.51. The van der Waals surface area contributed by atoms with Crippen molar-refractivity contribution in [2.75, 3.05) is 6.54 Å². The average Bonchev–Trinajstić information content (AvgIpc) is 2.18. The predicted molar refractivity (Wildman–Crippen MR) is 50.8 cm³/mol. The van der Waals surface area contributed by atoms with E-state index in [2.05, 4.69) is 0 Å². The van der Waals surface area contributed by atoms with Crippen LogP contribution in [0.15, 0.2) is 24.3 Å². The summed E-state index contributed by atoms with van der Waals surface area (Å²) < 4.78 is 48.4. The van der Waals surface area contributed by atoms with E-state index in [1.165, 1.54) is 0 Å². The number of alkyl halides is 3. The van der Waals surface area contributed by atoms with Gasteiger partial charge in [-0.25, -0.2) is 4.39 Å². The summed E-state index contributed by atoms with van der Waals surface area (Å²) in [5.74, 6) is -2.05. The second-order valence-electron chi connectivity index (χ2n) is 3.32. The lowest BCUT2D eigenvalue weighted by atomic mass is 10.1. The zero-order valence-electron chi connectivity index (χ0n) is 8.46. The maximum atomic E-state index is 12.6. The first-order valence-corrected chi connectivity index (χ1v) is 4.58. The minimum absolute atomic E-state index is 0.0585. The average molecular weight is 251 g/mol. The highest BCUT2D eigenvalue weighted by atomic mass is 19.4. The summed E-state index contributed by atoms with van der Waals surface area (Å²) in [6.45, 7) is -1.43. The molecule has 94 valence electrons. The van der Waals surface area contributed by atoms with Gasteiger partial charge in [0, 0.05) is 0 Å². The van der Waals surface area contributed by atoms with Gasteiger partial charge in [-0.05, 0) is 17.7 Å². The summed E-state index contributed by atoms with van der Waals surface area (Å²) in [6.07, 6.45) is -4.51. The van der Waals surface area contributed by atoms with Crippen LogP contribution in [0.1, 0.15) is 11.6 Å². The Morgan fingerprint density at radius 1 is 1.29 bits per heavy atom. The van der Waals surface area contributed by atoms with Gasteiger partial charge in [-0.1, -0.05) is 12.1 Å². The molecule has 0 bridgehead atoms. The highest BCUT2D eigenvalue weighted by molar-refractivity contribution is 5.75. The van der Waals surface area contributed by atoms with Crippen LogP contribution in [0.4, 0.5) is 17.6 Å². The van der Waals surface area contributed by atoms with E-state index in [4.69, 9.17) is 5.11 Å². The molecule has 0 amide bonds. The normalized spacial score (nSPS) is 13.4. The molecule has 0 saturated heterocycles. The zero-order valence-corrected chi connectivity index (χ0v) is 8.46. The van der Waals surface area contributed by atoms with Crippen molar-refractivity contribution in [3.8, 4) is 0 Å². The number of carboxylic acids is 1. The van der Waals surface area contributed by atoms with E-state index in [1.54, 1.807) is 0 Å². The third-order valence-electron chi connectivity index (χ3n) is 1.96. The minimum Gasteiger partial charge on any atom is -0.480 e. The zero-order chi connectivity index (χ0) is 13.1. The largest absolute Gasteiger partial charge is 0.480 e. The Morgan fingerprint density at radius 3 is 2.24 bits per heavy atom. The lowest BCUT2D eigenvalue weighted by Crippen LogP contribution is -2.36. The first kappa shape index (κ1) is 13.4. The van der Waals surface area contributed by atoms with Crippen LogP contribution >= 0.6 is 0 Å². The molecular weight excluding hydrogens is 242 g/mol. The molecule has 3 nitrogen and oxygen atoms in total. The molecule has 0 saturated carbocycles. The van der Waals surface area contributed by atoms with Crippen molar-refractivity contribution in [2.24, 2.45) is 0 Å². The Morgan fingerprint density at radius 2 is 1.82 bits per heavy atom. The van der Waals surface area contributed by atoms with Crippen molar-refractivity contribution in [3.63, 3.8) is 0 Å². The number of hydrogen-bond donors (Lipinski definition) is 2. The van der Waals surface area contributed by atoms with Crippen LogP contribution in [0.3, 0.4) is 0 Å². The lowest BCUT2D eigenvalue weighted by molar-refractivity contribution is -0.143. The van der Waals surface area contributed by atoms with Crippen molar-refractivity contribution in [2.45, 2.75) is 12.2 Å².